The van der Waals surface area contributed by atoms with Crippen LogP contribution in [-0.4, -0.2) is 60.9 Å². The number of fused-ring (bicyclic) bond motifs is 1. The van der Waals surface area contributed by atoms with Crippen molar-refractivity contribution in [1.82, 2.24) is 14.2 Å². The summed E-state index contributed by atoms with van der Waals surface area (Å²) in [5, 5.41) is 11.0. The zero-order valence-corrected chi connectivity index (χ0v) is 13.4. The number of nitrogens with zero attached hydrogens (tertiary/aromatic N) is 3. The first-order chi connectivity index (χ1) is 10.4. The number of sulfonamides is 1. The van der Waals surface area contributed by atoms with Crippen LogP contribution in [0.25, 0.3) is 10.8 Å². The van der Waals surface area contributed by atoms with Crippen LogP contribution in [0.1, 0.15) is 6.42 Å². The van der Waals surface area contributed by atoms with Crippen molar-refractivity contribution in [3.8, 4) is 5.75 Å². The highest BCUT2D eigenvalue weighted by atomic mass is 32.2. The van der Waals surface area contributed by atoms with Gasteiger partial charge < -0.3 is 10.0 Å². The lowest BCUT2D eigenvalue weighted by Gasteiger charge is -2.20. The van der Waals surface area contributed by atoms with Gasteiger partial charge in [0.1, 0.15) is 10.6 Å². The summed E-state index contributed by atoms with van der Waals surface area (Å²) in [6.45, 7) is 0.939. The van der Waals surface area contributed by atoms with E-state index in [0.29, 0.717) is 23.9 Å². The van der Waals surface area contributed by atoms with Gasteiger partial charge in [-0.15, -0.1) is 0 Å². The molecule has 1 unspecified atom stereocenters. The fourth-order valence-electron chi connectivity index (χ4n) is 2.87. The average Bonchev–Trinajstić information content (AvgIpc) is 2.98. The van der Waals surface area contributed by atoms with Gasteiger partial charge in [0.15, 0.2) is 0 Å². The van der Waals surface area contributed by atoms with E-state index in [-0.39, 0.29) is 16.7 Å². The Morgan fingerprint density at radius 1 is 1.32 bits per heavy atom. The van der Waals surface area contributed by atoms with Gasteiger partial charge in [-0.05, 0) is 26.6 Å². The molecule has 1 aromatic heterocycles. The lowest BCUT2D eigenvalue weighted by molar-refractivity contribution is 0.302. The van der Waals surface area contributed by atoms with E-state index in [2.05, 4.69) is 4.98 Å². The van der Waals surface area contributed by atoms with Crippen molar-refractivity contribution in [2.24, 2.45) is 0 Å². The maximum atomic E-state index is 12.9. The zero-order chi connectivity index (χ0) is 15.9. The molecule has 1 aliphatic rings. The van der Waals surface area contributed by atoms with E-state index >= 15 is 0 Å². The largest absolute Gasteiger partial charge is 0.507 e. The average molecular weight is 321 g/mol. The molecular weight excluding hydrogens is 302 g/mol. The number of aromatic nitrogens is 1. The number of phenols is 1. The van der Waals surface area contributed by atoms with Gasteiger partial charge in [-0.1, -0.05) is 12.1 Å². The first-order valence-electron chi connectivity index (χ1n) is 7.13. The Labute approximate surface area is 130 Å². The summed E-state index contributed by atoms with van der Waals surface area (Å²) in [5.74, 6) is -0.0400. The molecule has 1 saturated heterocycles. The molecule has 118 valence electrons. The van der Waals surface area contributed by atoms with Gasteiger partial charge in [-0.3, -0.25) is 4.98 Å². The van der Waals surface area contributed by atoms with Gasteiger partial charge in [0.05, 0.1) is 0 Å². The molecule has 3 rings (SSSR count). The van der Waals surface area contributed by atoms with Gasteiger partial charge in [-0.25, -0.2) is 8.42 Å². The summed E-state index contributed by atoms with van der Waals surface area (Å²) in [7, 11) is 0.231. The molecule has 1 aromatic carbocycles. The highest BCUT2D eigenvalue weighted by molar-refractivity contribution is 7.89. The standard InChI is InChI=1S/C15H19N3O3S/c1-17(2)12-6-7-18(10-12)22(20,21)14-9-16-8-11-4-3-5-13(19)15(11)14/h3-5,8-9,12,19H,6-7,10H2,1-2H3. The summed E-state index contributed by atoms with van der Waals surface area (Å²) in [4.78, 5) is 6.13. The quantitative estimate of drug-likeness (QED) is 0.921. The third kappa shape index (κ3) is 2.45. The van der Waals surface area contributed by atoms with Gasteiger partial charge in [0.25, 0.3) is 0 Å². The number of pyridine rings is 1. The highest BCUT2D eigenvalue weighted by Gasteiger charge is 2.34. The fraction of sp³-hybridized carbons (Fsp3) is 0.400. The van der Waals surface area contributed by atoms with E-state index < -0.39 is 10.0 Å². The molecule has 0 radical (unpaired) electrons. The molecule has 0 aliphatic carbocycles. The Bertz CT molecular complexity index is 800. The van der Waals surface area contributed by atoms with Crippen LogP contribution < -0.4 is 0 Å². The third-order valence-corrected chi connectivity index (χ3v) is 6.08. The number of hydrogen-bond acceptors (Lipinski definition) is 5. The van der Waals surface area contributed by atoms with Crippen molar-refractivity contribution < 1.29 is 13.5 Å². The third-order valence-electron chi connectivity index (χ3n) is 4.20. The monoisotopic (exact) mass is 321 g/mol. The topological polar surface area (TPSA) is 73.7 Å². The summed E-state index contributed by atoms with van der Waals surface area (Å²) >= 11 is 0. The molecule has 1 fully saturated rings. The van der Waals surface area contributed by atoms with Crippen LogP contribution in [0.4, 0.5) is 0 Å². The minimum Gasteiger partial charge on any atom is -0.507 e. The molecule has 0 saturated carbocycles. The van der Waals surface area contributed by atoms with E-state index in [1.807, 2.05) is 19.0 Å². The van der Waals surface area contributed by atoms with Crippen LogP contribution in [0.2, 0.25) is 0 Å². The Morgan fingerprint density at radius 3 is 2.77 bits per heavy atom. The van der Waals surface area contributed by atoms with Crippen molar-refractivity contribution in [2.45, 2.75) is 17.4 Å². The van der Waals surface area contributed by atoms with Crippen molar-refractivity contribution in [1.29, 1.82) is 0 Å². The van der Waals surface area contributed by atoms with Gasteiger partial charge in [0, 0.05) is 42.3 Å². The number of likely N-dealkylation sites (N-methyl/N-ethyl adjacent to an activating group) is 1. The van der Waals surface area contributed by atoms with Crippen LogP contribution in [0.3, 0.4) is 0 Å². The lowest BCUT2D eigenvalue weighted by atomic mass is 10.1. The molecule has 1 aliphatic heterocycles. The first-order valence-corrected chi connectivity index (χ1v) is 8.57. The number of aromatic hydroxyl groups is 1. The number of benzene rings is 1. The van der Waals surface area contributed by atoms with Crippen molar-refractivity contribution in [3.63, 3.8) is 0 Å². The minimum atomic E-state index is -3.67. The summed E-state index contributed by atoms with van der Waals surface area (Å²) in [6.07, 6.45) is 3.68. The molecule has 2 aromatic rings. The van der Waals surface area contributed by atoms with E-state index in [0.717, 1.165) is 6.42 Å². The lowest BCUT2D eigenvalue weighted by Crippen LogP contribution is -2.34. The van der Waals surface area contributed by atoms with E-state index in [9.17, 15) is 13.5 Å². The van der Waals surface area contributed by atoms with Crippen LogP contribution in [-0.2, 0) is 10.0 Å². The summed E-state index contributed by atoms with van der Waals surface area (Å²) in [5.41, 5.74) is 0. The van der Waals surface area contributed by atoms with Crippen molar-refractivity contribution in [2.75, 3.05) is 27.2 Å². The van der Waals surface area contributed by atoms with E-state index in [4.69, 9.17) is 0 Å². The molecular formula is C15H19N3O3S. The molecule has 1 N–H and O–H groups in total. The SMILES string of the molecule is CN(C)C1CCN(S(=O)(=O)c2cncc3cccc(O)c23)C1. The Balaban J connectivity index is 2.07. The summed E-state index contributed by atoms with van der Waals surface area (Å²) in [6, 6.07) is 5.13. The van der Waals surface area contributed by atoms with E-state index in [1.54, 1.807) is 18.3 Å². The van der Waals surface area contributed by atoms with Crippen molar-refractivity contribution >= 4 is 20.8 Å². The molecule has 7 heteroatoms. The van der Waals surface area contributed by atoms with Gasteiger partial charge >= 0.3 is 0 Å². The molecule has 22 heavy (non-hydrogen) atoms. The second-order valence-corrected chi connectivity index (χ2v) is 7.69. The maximum Gasteiger partial charge on any atom is 0.245 e. The normalized spacial score (nSPS) is 20.0. The predicted octanol–water partition coefficient (Wildman–Crippen LogP) is 1.26. The van der Waals surface area contributed by atoms with Crippen LogP contribution in [0, 0.1) is 0 Å². The zero-order valence-electron chi connectivity index (χ0n) is 12.6. The number of hydrogen-bond donors (Lipinski definition) is 1. The molecule has 0 spiro atoms. The Morgan fingerprint density at radius 2 is 2.09 bits per heavy atom. The molecule has 0 bridgehead atoms. The molecule has 1 atom stereocenters. The van der Waals surface area contributed by atoms with Crippen LogP contribution >= 0.6 is 0 Å². The van der Waals surface area contributed by atoms with Crippen molar-refractivity contribution in [3.05, 3.63) is 30.6 Å². The molecule has 2 heterocycles. The smallest absolute Gasteiger partial charge is 0.245 e. The van der Waals surface area contributed by atoms with E-state index in [1.165, 1.54) is 16.6 Å². The number of rotatable bonds is 3. The first kappa shape index (κ1) is 15.2. The molecule has 0 amide bonds. The van der Waals surface area contributed by atoms with Crippen LogP contribution in [0.15, 0.2) is 35.5 Å². The fourth-order valence-corrected chi connectivity index (χ4v) is 4.54. The second-order valence-electron chi connectivity index (χ2n) is 5.78. The maximum absolute atomic E-state index is 12.9. The minimum absolute atomic E-state index is 0.0400. The Kier molecular flexibility index (Phi) is 3.80. The van der Waals surface area contributed by atoms with Gasteiger partial charge in [-0.2, -0.15) is 4.31 Å². The van der Waals surface area contributed by atoms with Gasteiger partial charge in [0.2, 0.25) is 10.0 Å². The number of phenolic OH excluding ortho intramolecular Hbond substituents is 1. The second kappa shape index (κ2) is 5.49. The van der Waals surface area contributed by atoms with Crippen LogP contribution in [0.5, 0.6) is 5.75 Å². The Hall–Kier alpha value is -1.70. The highest BCUT2D eigenvalue weighted by Crippen LogP contribution is 2.32. The predicted molar refractivity (Wildman–Crippen MR) is 84.3 cm³/mol. The summed E-state index contributed by atoms with van der Waals surface area (Å²) < 4.78 is 27.3. The molecule has 6 nitrogen and oxygen atoms in total.